The smallest absolute Gasteiger partial charge is 0.257 e. The Balaban J connectivity index is 1.73. The van der Waals surface area contributed by atoms with E-state index in [2.05, 4.69) is 5.32 Å². The van der Waals surface area contributed by atoms with E-state index < -0.39 is 0 Å². The van der Waals surface area contributed by atoms with E-state index in [1.54, 1.807) is 73.5 Å². The van der Waals surface area contributed by atoms with E-state index >= 15 is 0 Å². The van der Waals surface area contributed by atoms with Gasteiger partial charge in [0.25, 0.3) is 5.91 Å². The zero-order chi connectivity index (χ0) is 21.5. The lowest BCUT2D eigenvalue weighted by atomic mass is 10.1. The zero-order valence-electron chi connectivity index (χ0n) is 16.5. The van der Waals surface area contributed by atoms with Crippen molar-refractivity contribution in [1.29, 1.82) is 0 Å². The average molecular weight is 438 g/mol. The van der Waals surface area contributed by atoms with Crippen LogP contribution in [0.2, 0.25) is 5.02 Å². The van der Waals surface area contributed by atoms with E-state index in [1.807, 2.05) is 24.5 Å². The fourth-order valence-corrected chi connectivity index (χ4v) is 3.59. The van der Waals surface area contributed by atoms with Gasteiger partial charge in [-0.15, -0.1) is 11.8 Å². The summed E-state index contributed by atoms with van der Waals surface area (Å²) in [4.78, 5) is 25.9. The molecular weight excluding hydrogens is 418 g/mol. The molecule has 6 heteroatoms. The van der Waals surface area contributed by atoms with Crippen molar-refractivity contribution in [1.82, 2.24) is 0 Å². The van der Waals surface area contributed by atoms with Gasteiger partial charge in [-0.1, -0.05) is 41.9 Å². The Bertz CT molecular complexity index is 1110. The molecule has 0 aliphatic rings. The van der Waals surface area contributed by atoms with Gasteiger partial charge in [-0.05, 0) is 60.4 Å². The summed E-state index contributed by atoms with van der Waals surface area (Å²) < 4.78 is 5.34. The van der Waals surface area contributed by atoms with E-state index in [-0.39, 0.29) is 11.7 Å². The number of benzene rings is 3. The van der Waals surface area contributed by atoms with Crippen LogP contribution in [-0.2, 0) is 0 Å². The molecule has 3 aromatic rings. The van der Waals surface area contributed by atoms with Gasteiger partial charge >= 0.3 is 0 Å². The molecule has 0 bridgehead atoms. The minimum atomic E-state index is -0.293. The maximum Gasteiger partial charge on any atom is 0.257 e. The Hall–Kier alpha value is -3.02. The molecule has 3 aromatic carbocycles. The SMILES string of the molecule is COc1cc(C(=O)C=Cc2cccc(NC(=O)c3ccccc3Cl)c2)ccc1SC. The molecule has 0 atom stereocenters. The van der Waals surface area contributed by atoms with Gasteiger partial charge in [-0.3, -0.25) is 9.59 Å². The summed E-state index contributed by atoms with van der Waals surface area (Å²) in [5.74, 6) is 0.247. The van der Waals surface area contributed by atoms with Crippen LogP contribution in [0.15, 0.2) is 77.7 Å². The van der Waals surface area contributed by atoms with Crippen molar-refractivity contribution >= 4 is 46.8 Å². The predicted molar refractivity (Wildman–Crippen MR) is 124 cm³/mol. The van der Waals surface area contributed by atoms with Crippen LogP contribution in [0.5, 0.6) is 5.75 Å². The van der Waals surface area contributed by atoms with Crippen LogP contribution < -0.4 is 10.1 Å². The van der Waals surface area contributed by atoms with Gasteiger partial charge in [0.2, 0.25) is 0 Å². The normalized spacial score (nSPS) is 10.8. The van der Waals surface area contributed by atoms with Crippen molar-refractivity contribution < 1.29 is 14.3 Å². The van der Waals surface area contributed by atoms with Crippen LogP contribution >= 0.6 is 23.4 Å². The number of allylic oxidation sites excluding steroid dienone is 1. The maximum absolute atomic E-state index is 12.5. The summed E-state index contributed by atoms with van der Waals surface area (Å²) in [7, 11) is 1.58. The van der Waals surface area contributed by atoms with Gasteiger partial charge in [0, 0.05) is 16.1 Å². The quantitative estimate of drug-likeness (QED) is 0.271. The number of amides is 1. The maximum atomic E-state index is 12.5. The monoisotopic (exact) mass is 437 g/mol. The molecule has 0 saturated carbocycles. The number of carbonyl (C=O) groups excluding carboxylic acids is 2. The van der Waals surface area contributed by atoms with Gasteiger partial charge in [0.05, 0.1) is 17.7 Å². The lowest BCUT2D eigenvalue weighted by Crippen LogP contribution is -2.12. The molecule has 1 N–H and O–H groups in total. The second kappa shape index (κ2) is 10.1. The molecule has 0 fully saturated rings. The van der Waals surface area contributed by atoms with Gasteiger partial charge < -0.3 is 10.1 Å². The summed E-state index contributed by atoms with van der Waals surface area (Å²) in [5.41, 5.74) is 2.34. The summed E-state index contributed by atoms with van der Waals surface area (Å²) >= 11 is 7.64. The van der Waals surface area contributed by atoms with Crippen LogP contribution in [0.25, 0.3) is 6.08 Å². The molecule has 30 heavy (non-hydrogen) atoms. The van der Waals surface area contributed by atoms with Gasteiger partial charge in [-0.2, -0.15) is 0 Å². The topological polar surface area (TPSA) is 55.4 Å². The van der Waals surface area contributed by atoms with Crippen LogP contribution in [0.4, 0.5) is 5.69 Å². The van der Waals surface area contributed by atoms with Gasteiger partial charge in [0.1, 0.15) is 5.75 Å². The third kappa shape index (κ3) is 5.32. The molecule has 152 valence electrons. The number of nitrogens with one attached hydrogen (secondary N) is 1. The number of halogens is 1. The first-order chi connectivity index (χ1) is 14.5. The van der Waals surface area contributed by atoms with Crippen LogP contribution in [0.1, 0.15) is 26.3 Å². The number of methoxy groups -OCH3 is 1. The highest BCUT2D eigenvalue weighted by atomic mass is 35.5. The molecule has 3 rings (SSSR count). The van der Waals surface area contributed by atoms with Crippen LogP contribution in [0.3, 0.4) is 0 Å². The first kappa shape index (κ1) is 21.7. The minimum absolute atomic E-state index is 0.133. The molecule has 0 unspecified atom stereocenters. The molecule has 0 saturated heterocycles. The molecule has 1 amide bonds. The Labute approximate surface area is 184 Å². The third-order valence-electron chi connectivity index (χ3n) is 4.36. The Morgan fingerprint density at radius 1 is 1.03 bits per heavy atom. The highest BCUT2D eigenvalue weighted by molar-refractivity contribution is 7.98. The highest BCUT2D eigenvalue weighted by Gasteiger charge is 2.10. The molecular formula is C24H20ClNO3S. The summed E-state index contributed by atoms with van der Waals surface area (Å²) in [6, 6.07) is 19.5. The van der Waals surface area contributed by atoms with E-state index in [1.165, 1.54) is 6.08 Å². The van der Waals surface area contributed by atoms with Crippen molar-refractivity contribution in [3.05, 3.63) is 94.5 Å². The second-order valence-corrected chi connectivity index (χ2v) is 7.58. The Kier molecular flexibility index (Phi) is 7.33. The largest absolute Gasteiger partial charge is 0.496 e. The fourth-order valence-electron chi connectivity index (χ4n) is 2.82. The lowest BCUT2D eigenvalue weighted by Gasteiger charge is -2.08. The van der Waals surface area contributed by atoms with Crippen molar-refractivity contribution in [2.24, 2.45) is 0 Å². The number of rotatable bonds is 7. The number of hydrogen-bond donors (Lipinski definition) is 1. The predicted octanol–water partition coefficient (Wildman–Crippen LogP) is 6.22. The molecule has 0 spiro atoms. The summed E-state index contributed by atoms with van der Waals surface area (Å²) in [6.07, 6.45) is 5.17. The first-order valence-corrected chi connectivity index (χ1v) is 10.7. The first-order valence-electron chi connectivity index (χ1n) is 9.12. The average Bonchev–Trinajstić information content (AvgIpc) is 2.77. The van der Waals surface area contributed by atoms with Gasteiger partial charge in [0.15, 0.2) is 5.78 Å². The molecule has 0 radical (unpaired) electrons. The number of hydrogen-bond acceptors (Lipinski definition) is 4. The Morgan fingerprint density at radius 2 is 1.83 bits per heavy atom. The van der Waals surface area contributed by atoms with Crippen molar-refractivity contribution in [2.45, 2.75) is 4.90 Å². The number of ketones is 1. The second-order valence-electron chi connectivity index (χ2n) is 6.33. The van der Waals surface area contributed by atoms with E-state index in [4.69, 9.17) is 16.3 Å². The van der Waals surface area contributed by atoms with E-state index in [9.17, 15) is 9.59 Å². The summed E-state index contributed by atoms with van der Waals surface area (Å²) in [6.45, 7) is 0. The summed E-state index contributed by atoms with van der Waals surface area (Å²) in [5, 5.41) is 3.21. The number of carbonyl (C=O) groups is 2. The van der Waals surface area contributed by atoms with E-state index in [0.717, 1.165) is 10.5 Å². The molecule has 0 aromatic heterocycles. The minimum Gasteiger partial charge on any atom is -0.496 e. The molecule has 0 aliphatic heterocycles. The van der Waals surface area contributed by atoms with Gasteiger partial charge in [-0.25, -0.2) is 0 Å². The number of anilines is 1. The molecule has 4 nitrogen and oxygen atoms in total. The number of thioether (sulfide) groups is 1. The van der Waals surface area contributed by atoms with Crippen LogP contribution in [-0.4, -0.2) is 25.1 Å². The fraction of sp³-hybridized carbons (Fsp3) is 0.0833. The number of ether oxygens (including phenoxy) is 1. The highest BCUT2D eigenvalue weighted by Crippen LogP contribution is 2.28. The van der Waals surface area contributed by atoms with Crippen molar-refractivity contribution in [2.75, 3.05) is 18.7 Å². The standard InChI is InChI=1S/C24H20ClNO3S/c1-29-22-15-17(11-13-23(22)30-2)21(27)12-10-16-6-5-7-18(14-16)26-24(28)19-8-3-4-9-20(19)25/h3-15H,1-2H3,(H,26,28). The molecule has 0 heterocycles. The van der Waals surface area contributed by atoms with Crippen LogP contribution in [0, 0.1) is 0 Å². The zero-order valence-corrected chi connectivity index (χ0v) is 18.1. The lowest BCUT2D eigenvalue weighted by molar-refractivity contribution is 0.102. The molecule has 0 aliphatic carbocycles. The van der Waals surface area contributed by atoms with Crippen molar-refractivity contribution in [3.8, 4) is 5.75 Å². The van der Waals surface area contributed by atoms with E-state index in [0.29, 0.717) is 27.6 Å². The third-order valence-corrected chi connectivity index (χ3v) is 5.46. The van der Waals surface area contributed by atoms with Crippen molar-refractivity contribution in [3.63, 3.8) is 0 Å². The Morgan fingerprint density at radius 3 is 2.57 bits per heavy atom.